The van der Waals surface area contributed by atoms with Crippen LogP contribution in [-0.2, 0) is 0 Å². The number of pyridine rings is 1. The summed E-state index contributed by atoms with van der Waals surface area (Å²) in [6, 6.07) is 16.0. The molecule has 2 N–H and O–H groups in total. The highest BCUT2D eigenvalue weighted by Crippen LogP contribution is 2.25. The van der Waals surface area contributed by atoms with Crippen molar-refractivity contribution >= 4 is 11.5 Å². The van der Waals surface area contributed by atoms with E-state index in [9.17, 15) is 0 Å². The number of benzene rings is 1. The molecular weight excluding hydrogens is 248 g/mol. The van der Waals surface area contributed by atoms with Crippen LogP contribution in [0.25, 0.3) is 0 Å². The second-order valence-electron chi connectivity index (χ2n) is 4.63. The first-order chi connectivity index (χ1) is 9.72. The second-order valence-corrected chi connectivity index (χ2v) is 4.63. The maximum atomic E-state index is 8.83. The normalized spacial score (nSPS) is 11.7. The van der Waals surface area contributed by atoms with Crippen molar-refractivity contribution in [1.82, 2.24) is 4.98 Å². The van der Waals surface area contributed by atoms with E-state index in [1.165, 1.54) is 0 Å². The Bertz CT molecular complexity index is 587. The molecule has 0 aliphatic carbocycles. The lowest BCUT2D eigenvalue weighted by atomic mass is 10.1. The minimum Gasteiger partial charge on any atom is -0.325 e. The van der Waals surface area contributed by atoms with Crippen LogP contribution in [0, 0.1) is 11.3 Å². The molecule has 102 valence electrons. The summed E-state index contributed by atoms with van der Waals surface area (Å²) in [5.74, 6) is 0.821. The van der Waals surface area contributed by atoms with E-state index in [4.69, 9.17) is 11.0 Å². The predicted octanol–water partition coefficient (Wildman–Crippen LogP) is 3.15. The standard InChI is InChI=1S/C16H18N4/c1-13(18)14-8-10-19-16(12-14)20(11-5-9-17)15-6-3-2-4-7-15/h2-4,6-8,10,12-13H,5,11,18H2,1H3/t13-/m1/s1. The fourth-order valence-corrected chi connectivity index (χ4v) is 2.01. The minimum atomic E-state index is -0.0367. The van der Waals surface area contributed by atoms with Crippen LogP contribution in [0.5, 0.6) is 0 Å². The van der Waals surface area contributed by atoms with Crippen molar-refractivity contribution in [1.29, 1.82) is 5.26 Å². The molecule has 0 aliphatic rings. The van der Waals surface area contributed by atoms with Crippen LogP contribution in [0.15, 0.2) is 48.7 Å². The highest BCUT2D eigenvalue weighted by molar-refractivity contribution is 5.60. The molecule has 0 fully saturated rings. The zero-order valence-corrected chi connectivity index (χ0v) is 11.5. The molecule has 1 aromatic carbocycles. The van der Waals surface area contributed by atoms with Crippen molar-refractivity contribution in [3.05, 3.63) is 54.2 Å². The summed E-state index contributed by atoms with van der Waals surface area (Å²) in [5, 5.41) is 8.83. The number of rotatable bonds is 5. The van der Waals surface area contributed by atoms with Gasteiger partial charge in [-0.1, -0.05) is 18.2 Å². The van der Waals surface area contributed by atoms with Crippen molar-refractivity contribution in [2.45, 2.75) is 19.4 Å². The number of aromatic nitrogens is 1. The van der Waals surface area contributed by atoms with Gasteiger partial charge in [0.2, 0.25) is 0 Å². The Balaban J connectivity index is 2.36. The quantitative estimate of drug-likeness (QED) is 0.902. The van der Waals surface area contributed by atoms with E-state index in [1.54, 1.807) is 6.20 Å². The molecule has 0 saturated carbocycles. The Labute approximate surface area is 119 Å². The molecule has 1 heterocycles. The summed E-state index contributed by atoms with van der Waals surface area (Å²) in [6.45, 7) is 2.55. The third-order valence-corrected chi connectivity index (χ3v) is 3.09. The van der Waals surface area contributed by atoms with Crippen LogP contribution >= 0.6 is 0 Å². The molecule has 0 radical (unpaired) electrons. The zero-order valence-electron chi connectivity index (χ0n) is 11.5. The van der Waals surface area contributed by atoms with E-state index in [-0.39, 0.29) is 6.04 Å². The summed E-state index contributed by atoms with van der Waals surface area (Å²) in [4.78, 5) is 6.45. The number of hydrogen-bond acceptors (Lipinski definition) is 4. The van der Waals surface area contributed by atoms with Gasteiger partial charge in [0.25, 0.3) is 0 Å². The predicted molar refractivity (Wildman–Crippen MR) is 80.5 cm³/mol. The van der Waals surface area contributed by atoms with E-state index in [1.807, 2.05) is 54.3 Å². The molecule has 1 atom stereocenters. The lowest BCUT2D eigenvalue weighted by molar-refractivity contribution is 0.812. The SMILES string of the molecule is C[C@@H](N)c1ccnc(N(CCC#N)c2ccccc2)c1. The molecular formula is C16H18N4. The summed E-state index contributed by atoms with van der Waals surface area (Å²) < 4.78 is 0. The molecule has 2 aromatic rings. The van der Waals surface area contributed by atoms with Crippen LogP contribution in [0.2, 0.25) is 0 Å². The van der Waals surface area contributed by atoms with Crippen molar-refractivity contribution in [2.75, 3.05) is 11.4 Å². The van der Waals surface area contributed by atoms with E-state index in [2.05, 4.69) is 11.1 Å². The summed E-state index contributed by atoms with van der Waals surface area (Å²) in [7, 11) is 0. The topological polar surface area (TPSA) is 65.9 Å². The monoisotopic (exact) mass is 266 g/mol. The van der Waals surface area contributed by atoms with Crippen molar-refractivity contribution < 1.29 is 0 Å². The first-order valence-corrected chi connectivity index (χ1v) is 6.63. The molecule has 0 spiro atoms. The maximum Gasteiger partial charge on any atom is 0.133 e. The minimum absolute atomic E-state index is 0.0367. The van der Waals surface area contributed by atoms with Gasteiger partial charge < -0.3 is 10.6 Å². The summed E-state index contributed by atoms with van der Waals surface area (Å²) in [6.07, 6.45) is 2.20. The Morgan fingerprint density at radius 1 is 1.30 bits per heavy atom. The molecule has 2 rings (SSSR count). The van der Waals surface area contributed by atoms with E-state index in [0.717, 1.165) is 17.1 Å². The highest BCUT2D eigenvalue weighted by Gasteiger charge is 2.11. The number of nitrogens with two attached hydrogens (primary N) is 1. The average Bonchev–Trinajstić information content (AvgIpc) is 2.49. The molecule has 1 aromatic heterocycles. The molecule has 4 heteroatoms. The highest BCUT2D eigenvalue weighted by atomic mass is 15.2. The molecule has 0 amide bonds. The van der Waals surface area contributed by atoms with Gasteiger partial charge in [0.1, 0.15) is 5.82 Å². The first-order valence-electron chi connectivity index (χ1n) is 6.63. The van der Waals surface area contributed by atoms with Crippen LogP contribution in [0.4, 0.5) is 11.5 Å². The van der Waals surface area contributed by atoms with E-state index >= 15 is 0 Å². The average molecular weight is 266 g/mol. The van der Waals surface area contributed by atoms with Gasteiger partial charge >= 0.3 is 0 Å². The fourth-order valence-electron chi connectivity index (χ4n) is 2.01. The lowest BCUT2D eigenvalue weighted by Crippen LogP contribution is -2.20. The largest absolute Gasteiger partial charge is 0.325 e. The van der Waals surface area contributed by atoms with Gasteiger partial charge in [-0.15, -0.1) is 0 Å². The smallest absolute Gasteiger partial charge is 0.133 e. The van der Waals surface area contributed by atoms with Crippen LogP contribution in [0.3, 0.4) is 0 Å². The Kier molecular flexibility index (Phi) is 4.70. The molecule has 20 heavy (non-hydrogen) atoms. The van der Waals surface area contributed by atoms with Crippen molar-refractivity contribution in [3.63, 3.8) is 0 Å². The van der Waals surface area contributed by atoms with Gasteiger partial charge in [-0.3, -0.25) is 0 Å². The van der Waals surface area contributed by atoms with Crippen LogP contribution in [-0.4, -0.2) is 11.5 Å². The Morgan fingerprint density at radius 3 is 2.70 bits per heavy atom. The molecule has 0 aliphatic heterocycles. The van der Waals surface area contributed by atoms with Gasteiger partial charge in [-0.2, -0.15) is 5.26 Å². The van der Waals surface area contributed by atoms with Gasteiger partial charge in [0.05, 0.1) is 12.5 Å². The van der Waals surface area contributed by atoms with Gasteiger partial charge in [-0.25, -0.2) is 4.98 Å². The van der Waals surface area contributed by atoms with Crippen LogP contribution in [0.1, 0.15) is 24.9 Å². The van der Waals surface area contributed by atoms with Crippen LogP contribution < -0.4 is 10.6 Å². The van der Waals surface area contributed by atoms with Gasteiger partial charge in [-0.05, 0) is 36.8 Å². The fraction of sp³-hybridized carbons (Fsp3) is 0.250. The molecule has 0 unspecified atom stereocenters. The lowest BCUT2D eigenvalue weighted by Gasteiger charge is -2.23. The number of nitrogens with zero attached hydrogens (tertiary/aromatic N) is 3. The number of nitriles is 1. The molecule has 4 nitrogen and oxygen atoms in total. The second kappa shape index (κ2) is 6.69. The van der Waals surface area contributed by atoms with E-state index in [0.29, 0.717) is 13.0 Å². The molecule has 0 saturated heterocycles. The number of hydrogen-bond donors (Lipinski definition) is 1. The third-order valence-electron chi connectivity index (χ3n) is 3.09. The first kappa shape index (κ1) is 14.0. The van der Waals surface area contributed by atoms with Gasteiger partial charge in [0, 0.05) is 24.5 Å². The molecule has 0 bridgehead atoms. The zero-order chi connectivity index (χ0) is 14.4. The van der Waals surface area contributed by atoms with Crippen molar-refractivity contribution in [2.24, 2.45) is 5.73 Å². The maximum absolute atomic E-state index is 8.83. The summed E-state index contributed by atoms with van der Waals surface area (Å²) >= 11 is 0. The Morgan fingerprint density at radius 2 is 2.05 bits per heavy atom. The van der Waals surface area contributed by atoms with Gasteiger partial charge in [0.15, 0.2) is 0 Å². The van der Waals surface area contributed by atoms with E-state index < -0.39 is 0 Å². The Hall–Kier alpha value is -2.38. The number of para-hydroxylation sites is 1. The number of anilines is 2. The summed E-state index contributed by atoms with van der Waals surface area (Å²) in [5.41, 5.74) is 7.98. The van der Waals surface area contributed by atoms with Crippen molar-refractivity contribution in [3.8, 4) is 6.07 Å². The third kappa shape index (κ3) is 3.34.